The molecule has 90 valence electrons. The third-order valence-electron chi connectivity index (χ3n) is 3.02. The molecule has 3 aromatic rings. The minimum atomic E-state index is -0.0440. The summed E-state index contributed by atoms with van der Waals surface area (Å²) in [5.41, 5.74) is 1.97. The summed E-state index contributed by atoms with van der Waals surface area (Å²) in [6.45, 7) is 1.93. The molecular weight excluding hydrogens is 264 g/mol. The smallest absolute Gasteiger partial charge is 0.200 e. The van der Waals surface area contributed by atoms with E-state index in [1.807, 2.05) is 13.0 Å². The van der Waals surface area contributed by atoms with Crippen LogP contribution in [0.15, 0.2) is 49.3 Å². The molecule has 0 aliphatic rings. The van der Waals surface area contributed by atoms with Crippen LogP contribution in [0.25, 0.3) is 21.9 Å². The van der Waals surface area contributed by atoms with Gasteiger partial charge in [-0.05, 0) is 30.7 Å². The van der Waals surface area contributed by atoms with E-state index < -0.39 is 0 Å². The standard InChI is InChI=1S/C14H10O2S2/c1-7-5-6-9-11(15)8-3-2-4-10(17)12(8)16-13(9)14(7)18/h2-6,17-18H,1H3. The summed E-state index contributed by atoms with van der Waals surface area (Å²) in [5, 5.41) is 1.10. The van der Waals surface area contributed by atoms with Crippen molar-refractivity contribution in [2.45, 2.75) is 16.7 Å². The van der Waals surface area contributed by atoms with Gasteiger partial charge in [-0.25, -0.2) is 0 Å². The predicted octanol–water partition coefficient (Wildman–Crippen LogP) is 3.83. The zero-order valence-corrected chi connectivity index (χ0v) is 11.4. The molecule has 0 radical (unpaired) electrons. The van der Waals surface area contributed by atoms with Crippen LogP contribution in [0.5, 0.6) is 0 Å². The zero-order valence-electron chi connectivity index (χ0n) is 9.60. The number of hydrogen-bond donors (Lipinski definition) is 2. The SMILES string of the molecule is Cc1ccc2c(=O)c3cccc(S)c3oc2c1S. The predicted molar refractivity (Wildman–Crippen MR) is 79.2 cm³/mol. The highest BCUT2D eigenvalue weighted by Gasteiger charge is 2.12. The lowest BCUT2D eigenvalue weighted by molar-refractivity contribution is 0.642. The lowest BCUT2D eigenvalue weighted by Gasteiger charge is -2.06. The third-order valence-corrected chi connectivity index (χ3v) is 3.93. The van der Waals surface area contributed by atoms with Crippen molar-refractivity contribution < 1.29 is 4.42 Å². The summed E-state index contributed by atoms with van der Waals surface area (Å²) in [7, 11) is 0. The van der Waals surface area contributed by atoms with Gasteiger partial charge in [-0.1, -0.05) is 12.1 Å². The van der Waals surface area contributed by atoms with Gasteiger partial charge < -0.3 is 4.42 Å². The van der Waals surface area contributed by atoms with Crippen molar-refractivity contribution in [2.75, 3.05) is 0 Å². The van der Waals surface area contributed by atoms with Gasteiger partial charge in [0.2, 0.25) is 5.43 Å². The highest BCUT2D eigenvalue weighted by atomic mass is 32.1. The van der Waals surface area contributed by atoms with Gasteiger partial charge in [-0.2, -0.15) is 0 Å². The molecule has 3 rings (SSSR count). The molecule has 0 atom stereocenters. The first-order chi connectivity index (χ1) is 8.59. The van der Waals surface area contributed by atoms with Crippen LogP contribution in [-0.4, -0.2) is 0 Å². The zero-order chi connectivity index (χ0) is 12.9. The summed E-state index contributed by atoms with van der Waals surface area (Å²) >= 11 is 8.74. The highest BCUT2D eigenvalue weighted by molar-refractivity contribution is 7.80. The van der Waals surface area contributed by atoms with Gasteiger partial charge in [0.25, 0.3) is 0 Å². The van der Waals surface area contributed by atoms with Gasteiger partial charge in [0.05, 0.1) is 15.7 Å². The second-order valence-electron chi connectivity index (χ2n) is 4.19. The second kappa shape index (κ2) is 4.07. The van der Waals surface area contributed by atoms with Gasteiger partial charge in [0.1, 0.15) is 0 Å². The quantitative estimate of drug-likeness (QED) is 0.482. The Morgan fingerprint density at radius 2 is 1.72 bits per heavy atom. The van der Waals surface area contributed by atoms with Crippen molar-refractivity contribution >= 4 is 47.2 Å². The molecule has 0 N–H and O–H groups in total. The lowest BCUT2D eigenvalue weighted by Crippen LogP contribution is -2.03. The molecule has 1 heterocycles. The largest absolute Gasteiger partial charge is 0.453 e. The Kier molecular flexibility index (Phi) is 2.64. The molecular formula is C14H10O2S2. The summed E-state index contributed by atoms with van der Waals surface area (Å²) in [6, 6.07) is 8.99. The maximum atomic E-state index is 12.4. The maximum absolute atomic E-state index is 12.4. The number of para-hydroxylation sites is 1. The third kappa shape index (κ3) is 1.56. The van der Waals surface area contributed by atoms with Gasteiger partial charge in [0, 0.05) is 4.90 Å². The van der Waals surface area contributed by atoms with E-state index in [4.69, 9.17) is 4.42 Å². The molecule has 0 spiro atoms. The molecule has 2 aromatic carbocycles. The molecule has 0 aliphatic heterocycles. The van der Waals surface area contributed by atoms with Gasteiger partial charge in [0.15, 0.2) is 11.2 Å². The Hall–Kier alpha value is -1.39. The van der Waals surface area contributed by atoms with E-state index in [2.05, 4.69) is 25.3 Å². The van der Waals surface area contributed by atoms with E-state index in [0.717, 1.165) is 5.56 Å². The van der Waals surface area contributed by atoms with Gasteiger partial charge >= 0.3 is 0 Å². The minimum Gasteiger partial charge on any atom is -0.453 e. The van der Waals surface area contributed by atoms with Gasteiger partial charge in [-0.3, -0.25) is 4.79 Å². The molecule has 0 bridgehead atoms. The van der Waals surface area contributed by atoms with Crippen LogP contribution in [0.4, 0.5) is 0 Å². The molecule has 0 aliphatic carbocycles. The summed E-state index contributed by atoms with van der Waals surface area (Å²) in [4.78, 5) is 13.7. The van der Waals surface area contributed by atoms with Crippen molar-refractivity contribution in [3.63, 3.8) is 0 Å². The average molecular weight is 274 g/mol. The number of aryl methyl sites for hydroxylation is 1. The summed E-state index contributed by atoms with van der Waals surface area (Å²) < 4.78 is 5.82. The average Bonchev–Trinajstić information content (AvgIpc) is 2.36. The molecule has 0 unspecified atom stereocenters. The molecule has 1 aromatic heterocycles. The number of fused-ring (bicyclic) bond motifs is 2. The van der Waals surface area contributed by atoms with Crippen molar-refractivity contribution in [3.8, 4) is 0 Å². The topological polar surface area (TPSA) is 30.2 Å². The van der Waals surface area contributed by atoms with E-state index in [-0.39, 0.29) is 5.43 Å². The maximum Gasteiger partial charge on any atom is 0.200 e. The molecule has 4 heteroatoms. The van der Waals surface area contributed by atoms with Crippen LogP contribution in [0.2, 0.25) is 0 Å². The van der Waals surface area contributed by atoms with E-state index in [1.165, 1.54) is 0 Å². The van der Waals surface area contributed by atoms with Crippen molar-refractivity contribution in [2.24, 2.45) is 0 Å². The normalized spacial score (nSPS) is 11.3. The second-order valence-corrected chi connectivity index (χ2v) is 5.12. The van der Waals surface area contributed by atoms with Crippen molar-refractivity contribution in [3.05, 3.63) is 46.1 Å². The first-order valence-electron chi connectivity index (χ1n) is 5.46. The molecule has 18 heavy (non-hydrogen) atoms. The fraction of sp³-hybridized carbons (Fsp3) is 0.0714. The number of benzene rings is 2. The van der Waals surface area contributed by atoms with Crippen molar-refractivity contribution in [1.82, 2.24) is 0 Å². The first-order valence-corrected chi connectivity index (χ1v) is 6.36. The van der Waals surface area contributed by atoms with Crippen LogP contribution in [-0.2, 0) is 0 Å². The molecule has 0 saturated heterocycles. The first kappa shape index (κ1) is 11.7. The van der Waals surface area contributed by atoms with E-state index in [1.54, 1.807) is 24.3 Å². The fourth-order valence-corrected chi connectivity index (χ4v) is 2.50. The van der Waals surface area contributed by atoms with E-state index >= 15 is 0 Å². The van der Waals surface area contributed by atoms with Crippen LogP contribution >= 0.6 is 25.3 Å². The Morgan fingerprint density at radius 3 is 2.50 bits per heavy atom. The van der Waals surface area contributed by atoms with Crippen LogP contribution in [0, 0.1) is 6.92 Å². The fourth-order valence-electron chi connectivity index (χ4n) is 2.01. The molecule has 0 amide bonds. The summed E-state index contributed by atoms with van der Waals surface area (Å²) in [6.07, 6.45) is 0. The number of thiol groups is 2. The molecule has 0 fully saturated rings. The molecule has 2 nitrogen and oxygen atoms in total. The minimum absolute atomic E-state index is 0.0440. The van der Waals surface area contributed by atoms with E-state index in [9.17, 15) is 4.79 Å². The van der Waals surface area contributed by atoms with Crippen LogP contribution < -0.4 is 5.43 Å². The van der Waals surface area contributed by atoms with E-state index in [0.29, 0.717) is 31.7 Å². The van der Waals surface area contributed by atoms with Crippen LogP contribution in [0.3, 0.4) is 0 Å². The lowest BCUT2D eigenvalue weighted by atomic mass is 10.1. The van der Waals surface area contributed by atoms with Gasteiger partial charge in [-0.15, -0.1) is 25.3 Å². The number of hydrogen-bond acceptors (Lipinski definition) is 4. The Morgan fingerprint density at radius 1 is 1.00 bits per heavy atom. The summed E-state index contributed by atoms with van der Waals surface area (Å²) in [5.74, 6) is 0. The Balaban J connectivity index is 2.66. The number of rotatable bonds is 0. The Labute approximate surface area is 114 Å². The molecule has 0 saturated carbocycles. The van der Waals surface area contributed by atoms with Crippen molar-refractivity contribution in [1.29, 1.82) is 0 Å². The van der Waals surface area contributed by atoms with Crippen LogP contribution in [0.1, 0.15) is 5.56 Å². The monoisotopic (exact) mass is 274 g/mol. The Bertz CT molecular complexity index is 834. The highest BCUT2D eigenvalue weighted by Crippen LogP contribution is 2.29.